The molecule has 0 spiro atoms. The van der Waals surface area contributed by atoms with E-state index < -0.39 is 0 Å². The Hall–Kier alpha value is -3.19. The lowest BCUT2D eigenvalue weighted by molar-refractivity contribution is 0.134. The van der Waals surface area contributed by atoms with Gasteiger partial charge in [0.2, 0.25) is 0 Å². The predicted molar refractivity (Wildman–Crippen MR) is 114 cm³/mol. The van der Waals surface area contributed by atoms with Gasteiger partial charge < -0.3 is 14.5 Å². The van der Waals surface area contributed by atoms with Crippen LogP contribution in [0.15, 0.2) is 47.1 Å². The Bertz CT molecular complexity index is 1050. The number of amides is 2. The van der Waals surface area contributed by atoms with Gasteiger partial charge in [0.1, 0.15) is 5.82 Å². The summed E-state index contributed by atoms with van der Waals surface area (Å²) in [7, 11) is 0. The number of benzene rings is 1. The Morgan fingerprint density at radius 1 is 1.27 bits per heavy atom. The summed E-state index contributed by atoms with van der Waals surface area (Å²) in [5, 5.41) is 2.88. The van der Waals surface area contributed by atoms with Crippen molar-refractivity contribution in [3.63, 3.8) is 0 Å². The minimum atomic E-state index is -0.132. The van der Waals surface area contributed by atoms with Crippen LogP contribution in [0.25, 0.3) is 11.3 Å². The van der Waals surface area contributed by atoms with E-state index in [4.69, 9.17) is 9.15 Å². The Morgan fingerprint density at radius 2 is 2.13 bits per heavy atom. The van der Waals surface area contributed by atoms with Crippen LogP contribution in [-0.4, -0.2) is 35.2 Å². The van der Waals surface area contributed by atoms with Gasteiger partial charge in [-0.1, -0.05) is 18.2 Å². The van der Waals surface area contributed by atoms with Gasteiger partial charge in [-0.3, -0.25) is 4.90 Å². The fraction of sp³-hybridized carbons (Fsp3) is 0.348. The molecule has 7 heteroatoms. The number of oxazole rings is 1. The highest BCUT2D eigenvalue weighted by molar-refractivity contribution is 5.94. The van der Waals surface area contributed by atoms with Crippen molar-refractivity contribution in [3.05, 3.63) is 65.3 Å². The Morgan fingerprint density at radius 3 is 2.90 bits per heavy atom. The van der Waals surface area contributed by atoms with Crippen LogP contribution in [0.4, 0.5) is 10.6 Å². The van der Waals surface area contributed by atoms with Gasteiger partial charge in [-0.05, 0) is 49.6 Å². The molecule has 156 valence electrons. The van der Waals surface area contributed by atoms with Crippen molar-refractivity contribution >= 4 is 11.8 Å². The van der Waals surface area contributed by atoms with E-state index in [9.17, 15) is 4.79 Å². The minimum absolute atomic E-state index is 0.0987. The van der Waals surface area contributed by atoms with Gasteiger partial charge in [0, 0.05) is 37.4 Å². The molecule has 2 aromatic heterocycles. The third-order valence-electron chi connectivity index (χ3n) is 5.16. The average Bonchev–Trinajstić information content (AvgIpc) is 3.34. The van der Waals surface area contributed by atoms with Gasteiger partial charge in [-0.2, -0.15) is 0 Å². The molecule has 3 heterocycles. The van der Waals surface area contributed by atoms with Crippen LogP contribution in [0.1, 0.15) is 36.4 Å². The standard InChI is InChI=1S/C23H26N4O3/c1-4-29-14-17-6-5-15(2)19(9-17)11-22-25-12-20(30-22)18-7-8-24-21(10-18)27-13-16(3)26-23(27)28/h5-10,12,16H,4,11,13-14H2,1-3H3,(H,26,28). The summed E-state index contributed by atoms with van der Waals surface area (Å²) in [5.74, 6) is 1.91. The topological polar surface area (TPSA) is 80.5 Å². The lowest BCUT2D eigenvalue weighted by Crippen LogP contribution is -2.28. The molecule has 1 fully saturated rings. The van der Waals surface area contributed by atoms with Crippen molar-refractivity contribution in [2.45, 2.75) is 39.8 Å². The lowest BCUT2D eigenvalue weighted by atomic mass is 10.0. The minimum Gasteiger partial charge on any atom is -0.440 e. The molecule has 7 nitrogen and oxygen atoms in total. The summed E-state index contributed by atoms with van der Waals surface area (Å²) >= 11 is 0. The number of hydrogen-bond donors (Lipinski definition) is 1. The Balaban J connectivity index is 1.52. The van der Waals surface area contributed by atoms with E-state index in [1.807, 2.05) is 26.0 Å². The van der Waals surface area contributed by atoms with E-state index in [1.54, 1.807) is 17.3 Å². The second-order valence-electron chi connectivity index (χ2n) is 7.56. The molecular weight excluding hydrogens is 380 g/mol. The molecule has 0 aliphatic carbocycles. The fourth-order valence-corrected chi connectivity index (χ4v) is 3.52. The third-order valence-corrected chi connectivity index (χ3v) is 5.16. The summed E-state index contributed by atoms with van der Waals surface area (Å²) in [6.45, 7) is 7.93. The number of ether oxygens (including phenoxy) is 1. The van der Waals surface area contributed by atoms with Crippen LogP contribution in [0, 0.1) is 6.92 Å². The average molecular weight is 406 g/mol. The summed E-state index contributed by atoms with van der Waals surface area (Å²) < 4.78 is 11.5. The maximum Gasteiger partial charge on any atom is 0.323 e. The number of carbonyl (C=O) groups excluding carboxylic acids is 1. The molecule has 1 N–H and O–H groups in total. The van der Waals surface area contributed by atoms with Crippen LogP contribution in [0.5, 0.6) is 0 Å². The monoisotopic (exact) mass is 406 g/mol. The van der Waals surface area contributed by atoms with Gasteiger partial charge in [-0.15, -0.1) is 0 Å². The number of nitrogens with one attached hydrogen (secondary N) is 1. The van der Waals surface area contributed by atoms with E-state index >= 15 is 0 Å². The SMILES string of the molecule is CCOCc1ccc(C)c(Cc2ncc(-c3ccnc(N4CC(C)NC4=O)c3)o2)c1. The van der Waals surface area contributed by atoms with Gasteiger partial charge >= 0.3 is 6.03 Å². The number of aromatic nitrogens is 2. The summed E-state index contributed by atoms with van der Waals surface area (Å²) in [6, 6.07) is 10.0. The molecule has 0 bridgehead atoms. The highest BCUT2D eigenvalue weighted by Crippen LogP contribution is 2.26. The van der Waals surface area contributed by atoms with Crippen molar-refractivity contribution in [2.24, 2.45) is 0 Å². The van der Waals surface area contributed by atoms with Crippen molar-refractivity contribution in [1.82, 2.24) is 15.3 Å². The van der Waals surface area contributed by atoms with E-state index in [-0.39, 0.29) is 12.1 Å². The van der Waals surface area contributed by atoms with E-state index in [0.717, 1.165) is 11.1 Å². The van der Waals surface area contributed by atoms with Crippen LogP contribution in [0.2, 0.25) is 0 Å². The third kappa shape index (κ3) is 4.36. The maximum absolute atomic E-state index is 12.1. The van der Waals surface area contributed by atoms with E-state index in [0.29, 0.717) is 43.6 Å². The molecular formula is C23H26N4O3. The second-order valence-corrected chi connectivity index (χ2v) is 7.56. The van der Waals surface area contributed by atoms with E-state index in [1.165, 1.54) is 11.1 Å². The molecule has 1 aliphatic rings. The molecule has 3 aromatic rings. The van der Waals surface area contributed by atoms with Crippen molar-refractivity contribution in [1.29, 1.82) is 0 Å². The normalized spacial score (nSPS) is 16.2. The molecule has 0 radical (unpaired) electrons. The number of anilines is 1. The van der Waals surface area contributed by atoms with Gasteiger partial charge in [0.15, 0.2) is 11.7 Å². The lowest BCUT2D eigenvalue weighted by Gasteiger charge is -2.13. The van der Waals surface area contributed by atoms with Gasteiger partial charge in [0.25, 0.3) is 0 Å². The molecule has 4 rings (SSSR count). The maximum atomic E-state index is 12.1. The van der Waals surface area contributed by atoms with Crippen LogP contribution in [0.3, 0.4) is 0 Å². The summed E-state index contributed by atoms with van der Waals surface area (Å²) in [6.07, 6.45) is 4.01. The van der Waals surface area contributed by atoms with Crippen molar-refractivity contribution in [2.75, 3.05) is 18.1 Å². The number of aryl methyl sites for hydroxylation is 1. The Labute approximate surface area is 176 Å². The molecule has 1 aliphatic heterocycles. The zero-order chi connectivity index (χ0) is 21.1. The molecule has 1 atom stereocenters. The van der Waals surface area contributed by atoms with E-state index in [2.05, 4.69) is 40.4 Å². The summed E-state index contributed by atoms with van der Waals surface area (Å²) in [4.78, 5) is 22.5. The molecule has 1 saturated heterocycles. The molecule has 0 saturated carbocycles. The van der Waals surface area contributed by atoms with Crippen molar-refractivity contribution < 1.29 is 13.9 Å². The van der Waals surface area contributed by atoms with Crippen LogP contribution >= 0.6 is 0 Å². The first-order chi connectivity index (χ1) is 14.5. The first kappa shape index (κ1) is 20.1. The number of nitrogens with zero attached hydrogens (tertiary/aromatic N) is 3. The zero-order valence-corrected chi connectivity index (χ0v) is 17.5. The van der Waals surface area contributed by atoms with Gasteiger partial charge in [0.05, 0.1) is 12.8 Å². The quantitative estimate of drug-likeness (QED) is 0.639. The number of pyridine rings is 1. The molecule has 30 heavy (non-hydrogen) atoms. The number of rotatable bonds is 7. The van der Waals surface area contributed by atoms with Crippen LogP contribution in [-0.2, 0) is 17.8 Å². The predicted octanol–water partition coefficient (Wildman–Crippen LogP) is 4.09. The summed E-state index contributed by atoms with van der Waals surface area (Å²) in [5.41, 5.74) is 4.34. The number of carbonyl (C=O) groups is 1. The van der Waals surface area contributed by atoms with Gasteiger partial charge in [-0.25, -0.2) is 14.8 Å². The largest absolute Gasteiger partial charge is 0.440 e. The second kappa shape index (κ2) is 8.67. The molecule has 1 unspecified atom stereocenters. The van der Waals surface area contributed by atoms with Crippen LogP contribution < -0.4 is 10.2 Å². The number of hydrogen-bond acceptors (Lipinski definition) is 5. The molecule has 2 amide bonds. The first-order valence-corrected chi connectivity index (χ1v) is 10.2. The number of urea groups is 1. The van der Waals surface area contributed by atoms with Crippen molar-refractivity contribution in [3.8, 4) is 11.3 Å². The first-order valence-electron chi connectivity index (χ1n) is 10.2. The fourth-order valence-electron chi connectivity index (χ4n) is 3.52. The highest BCUT2D eigenvalue weighted by atomic mass is 16.5. The highest BCUT2D eigenvalue weighted by Gasteiger charge is 2.28. The molecule has 1 aromatic carbocycles. The zero-order valence-electron chi connectivity index (χ0n) is 17.5. The Kier molecular flexibility index (Phi) is 5.81. The smallest absolute Gasteiger partial charge is 0.323 e.